The van der Waals surface area contributed by atoms with Gasteiger partial charge in [-0.05, 0) is 5.92 Å². The number of rotatable bonds is 2. The smallest absolute Gasteiger partial charge is 0.288 e. The third-order valence-corrected chi connectivity index (χ3v) is 3.09. The molecule has 7 heteroatoms. The Morgan fingerprint density at radius 2 is 2.29 bits per heavy atom. The van der Waals surface area contributed by atoms with Crippen LogP contribution in [0.4, 0.5) is 13.2 Å². The molecule has 1 aromatic heterocycles. The standard InChI is InChI=1S/C10H8F3NOS2/c1-7(15)16-5-3-2-4-9-14-8(6-17-9)10(11,12)13/h6H,3,5H2,1H3. The van der Waals surface area contributed by atoms with Crippen LogP contribution in [0, 0.1) is 11.8 Å². The van der Waals surface area contributed by atoms with Gasteiger partial charge in [0.1, 0.15) is 0 Å². The van der Waals surface area contributed by atoms with E-state index in [1.807, 2.05) is 0 Å². The molecule has 1 aromatic rings. The van der Waals surface area contributed by atoms with E-state index < -0.39 is 11.9 Å². The topological polar surface area (TPSA) is 30.0 Å². The maximum Gasteiger partial charge on any atom is 0.434 e. The largest absolute Gasteiger partial charge is 0.434 e. The molecule has 1 rings (SSSR count). The molecule has 92 valence electrons. The Bertz CT molecular complexity index is 456. The number of alkyl halides is 3. The number of thiazole rings is 1. The van der Waals surface area contributed by atoms with E-state index in [2.05, 4.69) is 16.8 Å². The lowest BCUT2D eigenvalue weighted by Crippen LogP contribution is -2.04. The van der Waals surface area contributed by atoms with Gasteiger partial charge in [-0.25, -0.2) is 4.98 Å². The quantitative estimate of drug-likeness (QED) is 0.615. The molecule has 0 saturated carbocycles. The van der Waals surface area contributed by atoms with Crippen molar-refractivity contribution >= 4 is 28.2 Å². The van der Waals surface area contributed by atoms with E-state index in [9.17, 15) is 18.0 Å². The number of aromatic nitrogens is 1. The molecule has 0 unspecified atom stereocenters. The predicted molar refractivity (Wildman–Crippen MR) is 61.8 cm³/mol. The molecule has 2 nitrogen and oxygen atoms in total. The molecule has 0 spiro atoms. The summed E-state index contributed by atoms with van der Waals surface area (Å²) in [7, 11) is 0. The Hall–Kier alpha value is -1.00. The summed E-state index contributed by atoms with van der Waals surface area (Å²) in [5.74, 6) is 5.76. The molecule has 0 aliphatic rings. The fourth-order valence-corrected chi connectivity index (χ4v) is 2.03. The highest BCUT2D eigenvalue weighted by Gasteiger charge is 2.33. The van der Waals surface area contributed by atoms with Crippen molar-refractivity contribution in [2.24, 2.45) is 0 Å². The Morgan fingerprint density at radius 3 is 2.82 bits per heavy atom. The Labute approximate surface area is 105 Å². The first-order valence-electron chi connectivity index (χ1n) is 4.54. The molecule has 0 aromatic carbocycles. The van der Waals surface area contributed by atoms with Crippen molar-refractivity contribution in [3.63, 3.8) is 0 Å². The number of carbonyl (C=O) groups is 1. The minimum atomic E-state index is -4.42. The first kappa shape index (κ1) is 14.1. The number of hydrogen-bond acceptors (Lipinski definition) is 4. The first-order chi connectivity index (χ1) is 7.89. The van der Waals surface area contributed by atoms with Crippen molar-refractivity contribution in [3.05, 3.63) is 16.1 Å². The molecular formula is C10H8F3NOS2. The summed E-state index contributed by atoms with van der Waals surface area (Å²) >= 11 is 2.00. The molecule has 0 aliphatic heterocycles. The molecule has 17 heavy (non-hydrogen) atoms. The second-order valence-corrected chi connectivity index (χ2v) is 5.06. The fourth-order valence-electron chi connectivity index (χ4n) is 0.845. The van der Waals surface area contributed by atoms with E-state index in [-0.39, 0.29) is 10.1 Å². The van der Waals surface area contributed by atoms with Crippen molar-refractivity contribution in [2.45, 2.75) is 19.5 Å². The van der Waals surface area contributed by atoms with Crippen LogP contribution in [-0.4, -0.2) is 15.9 Å². The van der Waals surface area contributed by atoms with E-state index in [4.69, 9.17) is 0 Å². The lowest BCUT2D eigenvalue weighted by Gasteiger charge is -1.98. The zero-order chi connectivity index (χ0) is 12.9. The van der Waals surface area contributed by atoms with Gasteiger partial charge in [0.15, 0.2) is 15.8 Å². The Balaban J connectivity index is 2.50. The fraction of sp³-hybridized carbons (Fsp3) is 0.400. The van der Waals surface area contributed by atoms with Gasteiger partial charge in [0, 0.05) is 24.5 Å². The molecule has 0 radical (unpaired) electrons. The second-order valence-electron chi connectivity index (χ2n) is 2.93. The van der Waals surface area contributed by atoms with Gasteiger partial charge >= 0.3 is 6.18 Å². The number of carbonyl (C=O) groups excluding carboxylic acids is 1. The average Bonchev–Trinajstić information content (AvgIpc) is 2.64. The molecule has 0 atom stereocenters. The van der Waals surface area contributed by atoms with Gasteiger partial charge in [-0.2, -0.15) is 13.2 Å². The molecule has 0 N–H and O–H groups in total. The van der Waals surface area contributed by atoms with E-state index in [1.54, 1.807) is 0 Å². The van der Waals surface area contributed by atoms with Crippen molar-refractivity contribution < 1.29 is 18.0 Å². The summed E-state index contributed by atoms with van der Waals surface area (Å²) in [6.07, 6.45) is -3.97. The summed E-state index contributed by atoms with van der Waals surface area (Å²) in [6.45, 7) is 1.45. The molecule has 0 bridgehead atoms. The number of thioether (sulfide) groups is 1. The molecular weight excluding hydrogens is 271 g/mol. The van der Waals surface area contributed by atoms with Crippen LogP contribution in [0.15, 0.2) is 5.38 Å². The zero-order valence-corrected chi connectivity index (χ0v) is 10.4. The van der Waals surface area contributed by atoms with Gasteiger partial charge in [-0.15, -0.1) is 11.3 Å². The summed E-state index contributed by atoms with van der Waals surface area (Å²) in [6, 6.07) is 0. The summed E-state index contributed by atoms with van der Waals surface area (Å²) in [4.78, 5) is 13.9. The molecule has 0 saturated heterocycles. The molecule has 1 heterocycles. The molecule has 0 aliphatic carbocycles. The third kappa shape index (κ3) is 5.24. The van der Waals surface area contributed by atoms with E-state index >= 15 is 0 Å². The molecule has 0 amide bonds. The van der Waals surface area contributed by atoms with Crippen LogP contribution in [0.2, 0.25) is 0 Å². The van der Waals surface area contributed by atoms with Crippen molar-refractivity contribution in [2.75, 3.05) is 5.75 Å². The van der Waals surface area contributed by atoms with Crippen LogP contribution in [0.1, 0.15) is 24.0 Å². The maximum absolute atomic E-state index is 12.2. The predicted octanol–water partition coefficient (Wildman–Crippen LogP) is 3.18. The third-order valence-electron chi connectivity index (χ3n) is 1.52. The van der Waals surface area contributed by atoms with Gasteiger partial charge in [0.05, 0.1) is 0 Å². The Kier molecular flexibility index (Phi) is 5.02. The van der Waals surface area contributed by atoms with Crippen LogP contribution in [0.3, 0.4) is 0 Å². The molecule has 0 fully saturated rings. The normalized spacial score (nSPS) is 10.8. The first-order valence-corrected chi connectivity index (χ1v) is 6.41. The van der Waals surface area contributed by atoms with Crippen molar-refractivity contribution in [1.29, 1.82) is 0 Å². The summed E-state index contributed by atoms with van der Waals surface area (Å²) in [5.41, 5.74) is -0.912. The van der Waals surface area contributed by atoms with Gasteiger partial charge in [0.2, 0.25) is 0 Å². The van der Waals surface area contributed by atoms with Gasteiger partial charge in [0.25, 0.3) is 0 Å². The van der Waals surface area contributed by atoms with Crippen molar-refractivity contribution in [1.82, 2.24) is 4.98 Å². The van der Waals surface area contributed by atoms with Gasteiger partial charge in [-0.3, -0.25) is 4.79 Å². The van der Waals surface area contributed by atoms with Crippen LogP contribution in [-0.2, 0) is 11.0 Å². The van der Waals surface area contributed by atoms with Gasteiger partial charge in [-0.1, -0.05) is 17.7 Å². The number of hydrogen-bond donors (Lipinski definition) is 0. The van der Waals surface area contributed by atoms with E-state index in [1.165, 1.54) is 6.92 Å². The van der Waals surface area contributed by atoms with E-state index in [0.29, 0.717) is 12.2 Å². The average molecular weight is 279 g/mol. The maximum atomic E-state index is 12.2. The monoisotopic (exact) mass is 279 g/mol. The lowest BCUT2D eigenvalue weighted by molar-refractivity contribution is -0.140. The van der Waals surface area contributed by atoms with Gasteiger partial charge < -0.3 is 0 Å². The van der Waals surface area contributed by atoms with Crippen LogP contribution in [0.25, 0.3) is 0 Å². The minimum Gasteiger partial charge on any atom is -0.288 e. The highest BCUT2D eigenvalue weighted by Crippen LogP contribution is 2.29. The summed E-state index contributed by atoms with van der Waals surface area (Å²) in [5, 5.41) is 1.08. The lowest BCUT2D eigenvalue weighted by atomic mass is 10.4. The Morgan fingerprint density at radius 1 is 1.59 bits per heavy atom. The zero-order valence-electron chi connectivity index (χ0n) is 8.80. The highest BCUT2D eigenvalue weighted by atomic mass is 32.2. The summed E-state index contributed by atoms with van der Waals surface area (Å²) < 4.78 is 36.6. The second kappa shape index (κ2) is 6.07. The number of nitrogens with zero attached hydrogens (tertiary/aromatic N) is 1. The van der Waals surface area contributed by atoms with Crippen molar-refractivity contribution in [3.8, 4) is 11.8 Å². The van der Waals surface area contributed by atoms with Crippen LogP contribution in [0.5, 0.6) is 0 Å². The minimum absolute atomic E-state index is 0.000376. The highest BCUT2D eigenvalue weighted by molar-refractivity contribution is 8.13. The van der Waals surface area contributed by atoms with E-state index in [0.717, 1.165) is 28.5 Å². The van der Waals surface area contributed by atoms with Crippen LogP contribution >= 0.6 is 23.1 Å². The van der Waals surface area contributed by atoms with Crippen LogP contribution < -0.4 is 0 Å². The SMILES string of the molecule is CC(=O)SCCC#Cc1nc(C(F)(F)F)cs1. The number of halogens is 3.